The maximum absolute atomic E-state index is 11.0. The normalized spacial score (nSPS) is 12.3. The van der Waals surface area contributed by atoms with Crippen molar-refractivity contribution in [3.05, 3.63) is 27.1 Å². The van der Waals surface area contributed by atoms with E-state index in [1.54, 1.807) is 4.68 Å². The first-order valence-corrected chi connectivity index (χ1v) is 8.06. The Kier molecular flexibility index (Phi) is 5.46. The van der Waals surface area contributed by atoms with Gasteiger partial charge in [0.2, 0.25) is 0 Å². The molecule has 8 heteroatoms. The second-order valence-electron chi connectivity index (χ2n) is 4.65. The Morgan fingerprint density at radius 3 is 2.57 bits per heavy atom. The minimum Gasteiger partial charge on any atom is -0.481 e. The summed E-state index contributed by atoms with van der Waals surface area (Å²) in [7, 11) is 0. The third kappa shape index (κ3) is 4.10. The molecule has 0 saturated carbocycles. The molecule has 6 nitrogen and oxygen atoms in total. The number of carboxylic acid groups (broad SMARTS) is 1. The van der Waals surface area contributed by atoms with Crippen molar-refractivity contribution in [2.24, 2.45) is 0 Å². The molecule has 1 unspecified atom stereocenters. The van der Waals surface area contributed by atoms with E-state index in [1.807, 2.05) is 25.1 Å². The largest absolute Gasteiger partial charge is 0.481 e. The predicted octanol–water partition coefficient (Wildman–Crippen LogP) is 3.68. The van der Waals surface area contributed by atoms with Crippen LogP contribution in [0.25, 0.3) is 11.4 Å². The summed E-state index contributed by atoms with van der Waals surface area (Å²) in [4.78, 5) is 11.0. The van der Waals surface area contributed by atoms with Crippen LogP contribution in [0.15, 0.2) is 27.1 Å². The molecule has 112 valence electrons. The maximum Gasteiger partial charge on any atom is 0.305 e. The smallest absolute Gasteiger partial charge is 0.305 e. The molecule has 0 aliphatic carbocycles. The molecule has 0 amide bonds. The molecule has 2 rings (SSSR count). The van der Waals surface area contributed by atoms with E-state index in [0.717, 1.165) is 20.9 Å². The first-order chi connectivity index (χ1) is 10.0. The lowest BCUT2D eigenvalue weighted by atomic mass is 10.1. The predicted molar refractivity (Wildman–Crippen MR) is 84.9 cm³/mol. The summed E-state index contributed by atoms with van der Waals surface area (Å²) in [6.45, 7) is 2.01. The van der Waals surface area contributed by atoms with E-state index in [-0.39, 0.29) is 12.5 Å². The summed E-state index contributed by atoms with van der Waals surface area (Å²) < 4.78 is 3.39. The quantitative estimate of drug-likeness (QED) is 0.775. The van der Waals surface area contributed by atoms with Gasteiger partial charge in [-0.3, -0.25) is 4.79 Å². The lowest BCUT2D eigenvalue weighted by Gasteiger charge is -2.15. The Balaban J connectivity index is 2.42. The molecule has 2 aromatic rings. The highest BCUT2D eigenvalue weighted by Gasteiger charge is 2.21. The van der Waals surface area contributed by atoms with Gasteiger partial charge in [0.05, 0.1) is 12.5 Å². The van der Waals surface area contributed by atoms with Crippen molar-refractivity contribution >= 4 is 37.8 Å². The summed E-state index contributed by atoms with van der Waals surface area (Å²) in [6.07, 6.45) is 1.57. The van der Waals surface area contributed by atoms with Gasteiger partial charge in [-0.1, -0.05) is 45.2 Å². The molecule has 0 bridgehead atoms. The van der Waals surface area contributed by atoms with Crippen molar-refractivity contribution in [3.63, 3.8) is 0 Å². The number of benzene rings is 1. The highest BCUT2D eigenvalue weighted by molar-refractivity contribution is 9.11. The van der Waals surface area contributed by atoms with E-state index < -0.39 is 5.97 Å². The van der Waals surface area contributed by atoms with Crippen LogP contribution in [0.4, 0.5) is 0 Å². The highest BCUT2D eigenvalue weighted by atomic mass is 79.9. The van der Waals surface area contributed by atoms with Crippen LogP contribution in [0, 0.1) is 0 Å². The van der Waals surface area contributed by atoms with Crippen LogP contribution < -0.4 is 0 Å². The molecule has 1 N–H and O–H groups in total. The Morgan fingerprint density at radius 1 is 1.33 bits per heavy atom. The molecule has 0 aliphatic heterocycles. The van der Waals surface area contributed by atoms with Gasteiger partial charge in [-0.05, 0) is 35.0 Å². The lowest BCUT2D eigenvalue weighted by Crippen LogP contribution is -2.16. The van der Waals surface area contributed by atoms with Crippen LogP contribution in [0.5, 0.6) is 0 Å². The van der Waals surface area contributed by atoms with E-state index in [9.17, 15) is 4.79 Å². The van der Waals surface area contributed by atoms with Crippen LogP contribution in [-0.4, -0.2) is 31.3 Å². The number of hydrogen-bond acceptors (Lipinski definition) is 4. The van der Waals surface area contributed by atoms with Crippen molar-refractivity contribution in [1.29, 1.82) is 0 Å². The van der Waals surface area contributed by atoms with Crippen LogP contribution in [0.1, 0.15) is 32.2 Å². The zero-order chi connectivity index (χ0) is 15.4. The molecule has 1 aromatic carbocycles. The summed E-state index contributed by atoms with van der Waals surface area (Å²) in [6, 6.07) is 5.46. The van der Waals surface area contributed by atoms with Crippen LogP contribution in [0.2, 0.25) is 0 Å². The Morgan fingerprint density at radius 2 is 2.00 bits per heavy atom. The van der Waals surface area contributed by atoms with E-state index in [1.165, 1.54) is 0 Å². The van der Waals surface area contributed by atoms with E-state index >= 15 is 0 Å². The van der Waals surface area contributed by atoms with Crippen molar-refractivity contribution < 1.29 is 9.90 Å². The molecule has 21 heavy (non-hydrogen) atoms. The molecule has 1 atom stereocenters. The van der Waals surface area contributed by atoms with Gasteiger partial charge in [0.1, 0.15) is 0 Å². The Labute approximate surface area is 138 Å². The fourth-order valence-corrected chi connectivity index (χ4v) is 3.45. The van der Waals surface area contributed by atoms with Gasteiger partial charge in [-0.2, -0.15) is 0 Å². The number of halogens is 2. The first kappa shape index (κ1) is 16.1. The summed E-state index contributed by atoms with van der Waals surface area (Å²) in [5, 5.41) is 20.8. The van der Waals surface area contributed by atoms with Gasteiger partial charge in [-0.15, -0.1) is 5.10 Å². The van der Waals surface area contributed by atoms with E-state index in [2.05, 4.69) is 47.4 Å². The zero-order valence-electron chi connectivity index (χ0n) is 11.3. The molecule has 0 fully saturated rings. The van der Waals surface area contributed by atoms with Crippen molar-refractivity contribution in [1.82, 2.24) is 20.2 Å². The minimum absolute atomic E-state index is 0.00104. The number of hydrogen-bond donors (Lipinski definition) is 1. The molecule has 0 aliphatic rings. The van der Waals surface area contributed by atoms with Crippen LogP contribution >= 0.6 is 31.9 Å². The van der Waals surface area contributed by atoms with Crippen LogP contribution in [-0.2, 0) is 4.79 Å². The Bertz CT molecular complexity index is 625. The summed E-state index contributed by atoms with van der Waals surface area (Å²) in [5.41, 5.74) is 0.827. The average Bonchev–Trinajstić information content (AvgIpc) is 2.85. The molecular weight excluding hydrogens is 404 g/mol. The number of nitrogens with zero attached hydrogens (tertiary/aromatic N) is 4. The van der Waals surface area contributed by atoms with Gasteiger partial charge < -0.3 is 5.11 Å². The molecular formula is C13H14Br2N4O2. The second-order valence-corrected chi connectivity index (χ2v) is 6.48. The second kappa shape index (κ2) is 7.13. The molecule has 1 aromatic heterocycles. The minimum atomic E-state index is -0.856. The van der Waals surface area contributed by atoms with Gasteiger partial charge in [0.25, 0.3) is 0 Å². The number of carbonyl (C=O) groups is 1. The standard InChI is InChI=1S/C13H14Br2N4O2/c1-2-3-11(7-12(20)21)19-13(16-17-18-19)8-4-9(14)6-10(15)5-8/h4-6,11H,2-3,7H2,1H3,(H,20,21). The third-order valence-corrected chi connectivity index (χ3v) is 3.91. The number of rotatable bonds is 6. The zero-order valence-corrected chi connectivity index (χ0v) is 14.5. The molecule has 1 heterocycles. The molecule has 0 saturated heterocycles. The van der Waals surface area contributed by atoms with Gasteiger partial charge >= 0.3 is 5.97 Å². The fraction of sp³-hybridized carbons (Fsp3) is 0.385. The van der Waals surface area contributed by atoms with Crippen molar-refractivity contribution in [2.45, 2.75) is 32.2 Å². The Hall–Kier alpha value is -1.28. The van der Waals surface area contributed by atoms with E-state index in [4.69, 9.17) is 5.11 Å². The fourth-order valence-electron chi connectivity index (χ4n) is 2.16. The highest BCUT2D eigenvalue weighted by Crippen LogP contribution is 2.29. The van der Waals surface area contributed by atoms with Gasteiger partial charge in [-0.25, -0.2) is 4.68 Å². The maximum atomic E-state index is 11.0. The summed E-state index contributed by atoms with van der Waals surface area (Å²) in [5.74, 6) is -0.290. The average molecular weight is 418 g/mol. The summed E-state index contributed by atoms with van der Waals surface area (Å²) >= 11 is 6.86. The van der Waals surface area contributed by atoms with Crippen molar-refractivity contribution in [2.75, 3.05) is 0 Å². The van der Waals surface area contributed by atoms with Crippen molar-refractivity contribution in [3.8, 4) is 11.4 Å². The topological polar surface area (TPSA) is 80.9 Å². The monoisotopic (exact) mass is 416 g/mol. The van der Waals surface area contributed by atoms with Crippen LogP contribution in [0.3, 0.4) is 0 Å². The lowest BCUT2D eigenvalue weighted by molar-refractivity contribution is -0.138. The molecule has 0 radical (unpaired) electrons. The number of aliphatic carboxylic acids is 1. The van der Waals surface area contributed by atoms with Gasteiger partial charge in [0.15, 0.2) is 5.82 Å². The van der Waals surface area contributed by atoms with Gasteiger partial charge in [0, 0.05) is 14.5 Å². The SMILES string of the molecule is CCCC(CC(=O)O)n1nnnc1-c1cc(Br)cc(Br)c1. The third-order valence-electron chi connectivity index (χ3n) is 2.99. The number of tetrazole rings is 1. The molecule has 0 spiro atoms. The van der Waals surface area contributed by atoms with E-state index in [0.29, 0.717) is 12.2 Å². The number of carboxylic acids is 1. The number of aromatic nitrogens is 4. The first-order valence-electron chi connectivity index (χ1n) is 6.47.